The van der Waals surface area contributed by atoms with Gasteiger partial charge in [-0.1, -0.05) is 0 Å². The van der Waals surface area contributed by atoms with Crippen LogP contribution in [0.1, 0.15) is 12.6 Å². The molecule has 1 saturated heterocycles. The maximum Gasteiger partial charge on any atom is 0.472 e. The zero-order valence-corrected chi connectivity index (χ0v) is 13.0. The van der Waals surface area contributed by atoms with E-state index in [1.54, 1.807) is 0 Å². The molecule has 0 saturated carbocycles. The maximum atomic E-state index is 11.3. The number of anilines is 1. The van der Waals surface area contributed by atoms with Gasteiger partial charge < -0.3 is 20.5 Å². The first kappa shape index (κ1) is 16.2. The van der Waals surface area contributed by atoms with E-state index in [1.165, 1.54) is 17.2 Å². The molecule has 2 aromatic heterocycles. The smallest absolute Gasteiger partial charge is 0.388 e. The molecule has 23 heavy (non-hydrogen) atoms. The Morgan fingerprint density at radius 2 is 2.30 bits per heavy atom. The van der Waals surface area contributed by atoms with Crippen molar-refractivity contribution in [2.75, 3.05) is 19.5 Å². The molecule has 2 aromatic rings. The van der Waals surface area contributed by atoms with Gasteiger partial charge in [-0.15, -0.1) is 0 Å². The highest BCUT2D eigenvalue weighted by Gasteiger charge is 2.37. The van der Waals surface area contributed by atoms with Crippen LogP contribution in [0, 0.1) is 0 Å². The number of aromatic nitrogens is 4. The highest BCUT2D eigenvalue weighted by molar-refractivity contribution is 7.47. The van der Waals surface area contributed by atoms with Crippen LogP contribution in [0.15, 0.2) is 12.7 Å². The fourth-order valence-corrected chi connectivity index (χ4v) is 2.83. The molecule has 1 unspecified atom stereocenters. The number of imidazole rings is 1. The predicted molar refractivity (Wildman–Crippen MR) is 77.1 cm³/mol. The van der Waals surface area contributed by atoms with Crippen molar-refractivity contribution < 1.29 is 28.3 Å². The second kappa shape index (κ2) is 6.11. The van der Waals surface area contributed by atoms with Gasteiger partial charge in [-0.3, -0.25) is 13.6 Å². The lowest BCUT2D eigenvalue weighted by Gasteiger charge is -2.17. The van der Waals surface area contributed by atoms with Gasteiger partial charge in [0, 0.05) is 13.5 Å². The van der Waals surface area contributed by atoms with Gasteiger partial charge in [0.1, 0.15) is 17.9 Å². The van der Waals surface area contributed by atoms with Gasteiger partial charge in [-0.25, -0.2) is 19.5 Å². The molecule has 3 heterocycles. The van der Waals surface area contributed by atoms with E-state index < -0.39 is 26.3 Å². The van der Waals surface area contributed by atoms with Crippen molar-refractivity contribution in [1.82, 2.24) is 19.5 Å². The van der Waals surface area contributed by atoms with Gasteiger partial charge in [-0.05, 0) is 0 Å². The molecular formula is C11H16N5O6P. The lowest BCUT2D eigenvalue weighted by molar-refractivity contribution is -0.0485. The van der Waals surface area contributed by atoms with E-state index in [1.807, 2.05) is 0 Å². The zero-order valence-electron chi connectivity index (χ0n) is 12.1. The summed E-state index contributed by atoms with van der Waals surface area (Å²) in [6.45, 7) is -0.196. The third-order valence-electron chi connectivity index (χ3n) is 3.48. The van der Waals surface area contributed by atoms with Crippen LogP contribution in [-0.2, 0) is 18.3 Å². The van der Waals surface area contributed by atoms with Gasteiger partial charge in [0.25, 0.3) is 0 Å². The molecule has 0 spiro atoms. The van der Waals surface area contributed by atoms with Crippen LogP contribution in [0.3, 0.4) is 0 Å². The maximum absolute atomic E-state index is 11.3. The van der Waals surface area contributed by atoms with E-state index in [-0.39, 0.29) is 18.8 Å². The van der Waals surface area contributed by atoms with Gasteiger partial charge >= 0.3 is 7.82 Å². The van der Waals surface area contributed by atoms with Crippen LogP contribution in [0.25, 0.3) is 11.2 Å². The first-order valence-corrected chi connectivity index (χ1v) is 8.20. The van der Waals surface area contributed by atoms with E-state index in [2.05, 4.69) is 19.5 Å². The van der Waals surface area contributed by atoms with Crippen molar-refractivity contribution >= 4 is 24.8 Å². The third kappa shape index (κ3) is 3.20. The number of hydrogen-bond donors (Lipinski definition) is 3. The van der Waals surface area contributed by atoms with Crippen LogP contribution in [-0.4, -0.2) is 55.4 Å². The number of nitrogens with zero attached hydrogens (tertiary/aromatic N) is 4. The number of rotatable bonds is 5. The van der Waals surface area contributed by atoms with Crippen LogP contribution in [0.2, 0.25) is 0 Å². The first-order valence-electron chi connectivity index (χ1n) is 6.71. The van der Waals surface area contributed by atoms with Crippen molar-refractivity contribution in [3.05, 3.63) is 12.7 Å². The number of phosphoric ester groups is 1. The molecular weight excluding hydrogens is 329 g/mol. The number of aliphatic hydroxyl groups is 1. The van der Waals surface area contributed by atoms with Crippen molar-refractivity contribution in [2.45, 2.75) is 24.9 Å². The normalized spacial score (nSPS) is 27.3. The number of ether oxygens (including phenoxy) is 1. The summed E-state index contributed by atoms with van der Waals surface area (Å²) in [4.78, 5) is 21.3. The average molecular weight is 345 g/mol. The Hall–Kier alpha value is -1.62. The number of nitrogen functional groups attached to an aromatic ring is 1. The minimum atomic E-state index is -4.09. The van der Waals surface area contributed by atoms with Crippen LogP contribution < -0.4 is 5.73 Å². The summed E-state index contributed by atoms with van der Waals surface area (Å²) in [6.07, 6.45) is 0.745. The topological polar surface area (TPSA) is 155 Å². The zero-order chi connectivity index (χ0) is 16.6. The third-order valence-corrected chi connectivity index (χ3v) is 4.42. The Bertz CT molecular complexity index is 754. The molecule has 126 valence electrons. The molecule has 3 rings (SSSR count). The fraction of sp³-hybridized carbons (Fsp3) is 0.545. The van der Waals surface area contributed by atoms with E-state index in [0.717, 1.165) is 7.11 Å². The minimum absolute atomic E-state index is 0.196. The summed E-state index contributed by atoms with van der Waals surface area (Å²) in [5.74, 6) is 0.224. The van der Waals surface area contributed by atoms with Crippen molar-refractivity contribution in [1.29, 1.82) is 0 Å². The molecule has 0 amide bonds. The van der Waals surface area contributed by atoms with Crippen LogP contribution in [0.4, 0.5) is 5.82 Å². The van der Waals surface area contributed by atoms with Crippen molar-refractivity contribution in [2.24, 2.45) is 0 Å². The van der Waals surface area contributed by atoms with Crippen molar-refractivity contribution in [3.63, 3.8) is 0 Å². The standard InChI is InChI=1S/C11H16N5O6P/c1-20-23(18,19)21-3-6-2-7(17)11(22-6)16-5-15-8-9(12)13-4-14-10(8)16/h4-7,11,17H,2-3H2,1H3,(H,18,19)(H2,12,13,14)/t6-,7+,11+/m0/s1. The average Bonchev–Trinajstić information content (AvgIpc) is 3.09. The summed E-state index contributed by atoms with van der Waals surface area (Å²) in [6, 6.07) is 0. The number of phosphoric acid groups is 1. The Labute approximate surface area is 130 Å². The second-order valence-corrected chi connectivity index (χ2v) is 6.54. The minimum Gasteiger partial charge on any atom is -0.388 e. The van der Waals surface area contributed by atoms with E-state index >= 15 is 0 Å². The molecule has 4 atom stereocenters. The number of hydrogen-bond acceptors (Lipinski definition) is 9. The lowest BCUT2D eigenvalue weighted by atomic mass is 10.2. The molecule has 1 aliphatic heterocycles. The quantitative estimate of drug-likeness (QED) is 0.621. The summed E-state index contributed by atoms with van der Waals surface area (Å²) >= 11 is 0. The first-order chi connectivity index (χ1) is 10.9. The van der Waals surface area contributed by atoms with Gasteiger partial charge in [0.15, 0.2) is 17.7 Å². The largest absolute Gasteiger partial charge is 0.472 e. The summed E-state index contributed by atoms with van der Waals surface area (Å²) in [5.41, 5.74) is 6.55. The van der Waals surface area contributed by atoms with Gasteiger partial charge in [-0.2, -0.15) is 0 Å². The molecule has 0 bridgehead atoms. The molecule has 4 N–H and O–H groups in total. The van der Waals surface area contributed by atoms with Gasteiger partial charge in [0.2, 0.25) is 0 Å². The SMILES string of the molecule is COP(=O)(O)OC[C@@H]1C[C@@H](O)[C@H](n2cnc3c(N)ncnc32)O1. The predicted octanol–water partition coefficient (Wildman–Crippen LogP) is -0.180. The Balaban J connectivity index is 1.76. The molecule has 0 aliphatic carbocycles. The second-order valence-electron chi connectivity index (χ2n) is 4.98. The summed E-state index contributed by atoms with van der Waals surface area (Å²) in [7, 11) is -3.02. The molecule has 1 aliphatic rings. The van der Waals surface area contributed by atoms with Crippen molar-refractivity contribution in [3.8, 4) is 0 Å². The molecule has 0 radical (unpaired) electrons. The van der Waals surface area contributed by atoms with Crippen LogP contribution in [0.5, 0.6) is 0 Å². The van der Waals surface area contributed by atoms with E-state index in [9.17, 15) is 14.6 Å². The summed E-state index contributed by atoms with van der Waals surface area (Å²) < 4.78 is 27.6. The molecule has 11 nitrogen and oxygen atoms in total. The van der Waals surface area contributed by atoms with E-state index in [4.69, 9.17) is 15.0 Å². The molecule has 0 aromatic carbocycles. The van der Waals surface area contributed by atoms with Crippen LogP contribution >= 0.6 is 7.82 Å². The number of nitrogens with two attached hydrogens (primary N) is 1. The monoisotopic (exact) mass is 345 g/mol. The Morgan fingerprint density at radius 1 is 1.52 bits per heavy atom. The number of fused-ring (bicyclic) bond motifs is 1. The highest BCUT2D eigenvalue weighted by Crippen LogP contribution is 2.43. The summed E-state index contributed by atoms with van der Waals surface area (Å²) in [5, 5.41) is 10.2. The molecule has 1 fully saturated rings. The highest BCUT2D eigenvalue weighted by atomic mass is 31.2. The van der Waals surface area contributed by atoms with E-state index in [0.29, 0.717) is 11.2 Å². The Kier molecular flexibility index (Phi) is 4.32. The number of aliphatic hydroxyl groups excluding tert-OH is 1. The Morgan fingerprint density at radius 3 is 3.04 bits per heavy atom. The lowest BCUT2D eigenvalue weighted by Crippen LogP contribution is -2.19. The molecule has 12 heteroatoms. The van der Waals surface area contributed by atoms with Gasteiger partial charge in [0.05, 0.1) is 19.0 Å². The fourth-order valence-electron chi connectivity index (χ4n) is 2.37.